The van der Waals surface area contributed by atoms with Gasteiger partial charge in [-0.3, -0.25) is 0 Å². The molecular weight excluding hydrogens is 200 g/mol. The Morgan fingerprint density at radius 3 is 2.64 bits per heavy atom. The molecule has 0 aliphatic heterocycles. The number of oxime groups is 1. The van der Waals surface area contributed by atoms with Gasteiger partial charge in [0, 0.05) is 12.4 Å². The molecule has 0 amide bonds. The summed E-state index contributed by atoms with van der Waals surface area (Å²) in [4.78, 5) is 8.19. The lowest BCUT2D eigenvalue weighted by Crippen LogP contribution is -2.23. The highest BCUT2D eigenvalue weighted by Crippen LogP contribution is 2.18. The Kier molecular flexibility index (Phi) is 3.70. The van der Waals surface area contributed by atoms with Crippen LogP contribution in [-0.2, 0) is 0 Å². The summed E-state index contributed by atoms with van der Waals surface area (Å²) in [6.07, 6.45) is 3.46. The third-order valence-electron chi connectivity index (χ3n) is 1.57. The number of thioether (sulfide) groups is 1. The Bertz CT molecular complexity index is 325. The van der Waals surface area contributed by atoms with E-state index in [-0.39, 0.29) is 11.1 Å². The lowest BCUT2D eigenvalue weighted by molar-refractivity contribution is 0.317. The van der Waals surface area contributed by atoms with Crippen LogP contribution in [-0.4, -0.2) is 26.3 Å². The highest BCUT2D eigenvalue weighted by Gasteiger charge is 2.10. The quantitative estimate of drug-likeness (QED) is 0.195. The van der Waals surface area contributed by atoms with Gasteiger partial charge in [-0.05, 0) is 19.4 Å². The average Bonchev–Trinajstić information content (AvgIpc) is 2.20. The van der Waals surface area contributed by atoms with E-state index in [4.69, 9.17) is 10.9 Å². The largest absolute Gasteiger partial charge is 0.409 e. The second-order valence-corrected chi connectivity index (χ2v) is 4.14. The highest BCUT2D eigenvalue weighted by molar-refractivity contribution is 8.00. The van der Waals surface area contributed by atoms with Crippen LogP contribution in [0, 0.1) is 6.92 Å². The highest BCUT2D eigenvalue weighted by atomic mass is 32.2. The molecule has 0 fully saturated rings. The van der Waals surface area contributed by atoms with Gasteiger partial charge in [-0.1, -0.05) is 16.9 Å². The van der Waals surface area contributed by atoms with Crippen molar-refractivity contribution in [3.8, 4) is 0 Å². The number of aryl methyl sites for hydroxylation is 1. The maximum Gasteiger partial charge on any atom is 0.188 e. The van der Waals surface area contributed by atoms with Crippen molar-refractivity contribution in [2.75, 3.05) is 0 Å². The van der Waals surface area contributed by atoms with Gasteiger partial charge >= 0.3 is 0 Å². The van der Waals surface area contributed by atoms with Crippen molar-refractivity contribution in [3.05, 3.63) is 18.0 Å². The molecule has 6 heteroatoms. The lowest BCUT2D eigenvalue weighted by Gasteiger charge is -2.06. The van der Waals surface area contributed by atoms with Gasteiger partial charge in [-0.25, -0.2) is 9.97 Å². The van der Waals surface area contributed by atoms with Gasteiger partial charge in [-0.15, -0.1) is 0 Å². The van der Waals surface area contributed by atoms with Crippen molar-refractivity contribution in [2.45, 2.75) is 24.3 Å². The van der Waals surface area contributed by atoms with E-state index in [1.807, 2.05) is 13.8 Å². The number of amidine groups is 1. The monoisotopic (exact) mass is 212 g/mol. The molecule has 1 unspecified atom stereocenters. The molecule has 14 heavy (non-hydrogen) atoms. The van der Waals surface area contributed by atoms with Crippen LogP contribution < -0.4 is 5.73 Å². The first-order valence-corrected chi connectivity index (χ1v) is 4.94. The summed E-state index contributed by atoms with van der Waals surface area (Å²) >= 11 is 1.35. The number of rotatable bonds is 3. The first kappa shape index (κ1) is 10.8. The summed E-state index contributed by atoms with van der Waals surface area (Å²) in [5.41, 5.74) is 6.42. The van der Waals surface area contributed by atoms with E-state index in [2.05, 4.69) is 15.1 Å². The smallest absolute Gasteiger partial charge is 0.188 e. The van der Waals surface area contributed by atoms with Gasteiger partial charge in [0.1, 0.15) is 0 Å². The second-order valence-electron chi connectivity index (χ2n) is 2.83. The summed E-state index contributed by atoms with van der Waals surface area (Å²) < 4.78 is 0. The molecule has 0 bridgehead atoms. The zero-order valence-corrected chi connectivity index (χ0v) is 8.82. The van der Waals surface area contributed by atoms with Gasteiger partial charge in [-0.2, -0.15) is 0 Å². The molecular formula is C8H12N4OS. The summed E-state index contributed by atoms with van der Waals surface area (Å²) in [7, 11) is 0. The van der Waals surface area contributed by atoms with E-state index in [1.165, 1.54) is 11.8 Å². The Balaban J connectivity index is 2.65. The minimum atomic E-state index is -0.136. The molecule has 0 saturated heterocycles. The Labute approximate surface area is 86.4 Å². The summed E-state index contributed by atoms with van der Waals surface area (Å²) in [6, 6.07) is 0. The van der Waals surface area contributed by atoms with Crippen molar-refractivity contribution in [1.29, 1.82) is 0 Å². The third-order valence-corrected chi connectivity index (χ3v) is 2.59. The van der Waals surface area contributed by atoms with Crippen molar-refractivity contribution in [1.82, 2.24) is 9.97 Å². The van der Waals surface area contributed by atoms with Crippen LogP contribution in [0.15, 0.2) is 22.7 Å². The topological polar surface area (TPSA) is 84.4 Å². The maximum atomic E-state index is 8.44. The normalized spacial score (nSPS) is 14.0. The SMILES string of the molecule is Cc1cnc(SC(C)C(N)=NO)nc1. The van der Waals surface area contributed by atoms with E-state index in [0.29, 0.717) is 5.16 Å². The lowest BCUT2D eigenvalue weighted by atomic mass is 10.4. The van der Waals surface area contributed by atoms with Gasteiger partial charge in [0.15, 0.2) is 11.0 Å². The van der Waals surface area contributed by atoms with Crippen LogP contribution >= 0.6 is 11.8 Å². The first-order chi connectivity index (χ1) is 6.63. The zero-order valence-electron chi connectivity index (χ0n) is 8.01. The van der Waals surface area contributed by atoms with Gasteiger partial charge in [0.05, 0.1) is 5.25 Å². The Morgan fingerprint density at radius 2 is 2.14 bits per heavy atom. The minimum absolute atomic E-state index is 0.136. The van der Waals surface area contributed by atoms with E-state index in [1.54, 1.807) is 12.4 Å². The average molecular weight is 212 g/mol. The second kappa shape index (κ2) is 4.80. The van der Waals surface area contributed by atoms with Crippen LogP contribution in [0.3, 0.4) is 0 Å². The molecule has 1 aromatic rings. The molecule has 1 atom stereocenters. The fraction of sp³-hybridized carbons (Fsp3) is 0.375. The van der Waals surface area contributed by atoms with Gasteiger partial charge in [0.25, 0.3) is 0 Å². The molecule has 0 spiro atoms. The van der Waals surface area contributed by atoms with Crippen LogP contribution in [0.2, 0.25) is 0 Å². The van der Waals surface area contributed by atoms with E-state index < -0.39 is 0 Å². The Hall–Kier alpha value is -1.30. The summed E-state index contributed by atoms with van der Waals surface area (Å²) in [5, 5.41) is 11.8. The molecule has 5 nitrogen and oxygen atoms in total. The molecule has 0 saturated carbocycles. The van der Waals surface area contributed by atoms with E-state index >= 15 is 0 Å². The van der Waals surface area contributed by atoms with E-state index in [0.717, 1.165) is 5.56 Å². The molecule has 0 aliphatic carbocycles. The molecule has 0 aliphatic rings. The predicted molar refractivity (Wildman–Crippen MR) is 55.5 cm³/mol. The van der Waals surface area contributed by atoms with Crippen LogP contribution in [0.5, 0.6) is 0 Å². The molecule has 1 heterocycles. The van der Waals surface area contributed by atoms with Crippen LogP contribution in [0.4, 0.5) is 0 Å². The number of hydrogen-bond acceptors (Lipinski definition) is 5. The fourth-order valence-electron chi connectivity index (χ4n) is 0.741. The molecule has 76 valence electrons. The molecule has 0 radical (unpaired) electrons. The maximum absolute atomic E-state index is 8.44. The number of hydrogen-bond donors (Lipinski definition) is 2. The molecule has 0 aromatic carbocycles. The predicted octanol–water partition coefficient (Wildman–Crippen LogP) is 1.01. The van der Waals surface area contributed by atoms with Crippen LogP contribution in [0.25, 0.3) is 0 Å². The number of aromatic nitrogens is 2. The molecule has 3 N–H and O–H groups in total. The van der Waals surface area contributed by atoms with Crippen molar-refractivity contribution in [2.24, 2.45) is 10.9 Å². The van der Waals surface area contributed by atoms with Crippen molar-refractivity contribution >= 4 is 17.6 Å². The summed E-state index contributed by atoms with van der Waals surface area (Å²) in [6.45, 7) is 3.74. The van der Waals surface area contributed by atoms with Crippen LogP contribution in [0.1, 0.15) is 12.5 Å². The third kappa shape index (κ3) is 2.88. The van der Waals surface area contributed by atoms with Crippen molar-refractivity contribution in [3.63, 3.8) is 0 Å². The van der Waals surface area contributed by atoms with Gasteiger partial charge in [0.2, 0.25) is 0 Å². The van der Waals surface area contributed by atoms with E-state index in [9.17, 15) is 0 Å². The number of nitrogens with two attached hydrogens (primary N) is 1. The molecule has 1 aromatic heterocycles. The zero-order chi connectivity index (χ0) is 10.6. The Morgan fingerprint density at radius 1 is 1.57 bits per heavy atom. The van der Waals surface area contributed by atoms with Crippen molar-refractivity contribution < 1.29 is 5.21 Å². The number of nitrogens with zero attached hydrogens (tertiary/aromatic N) is 3. The fourth-order valence-corrected chi connectivity index (χ4v) is 1.45. The molecule has 1 rings (SSSR count). The first-order valence-electron chi connectivity index (χ1n) is 4.06. The van der Waals surface area contributed by atoms with Gasteiger partial charge < -0.3 is 10.9 Å². The minimum Gasteiger partial charge on any atom is -0.409 e. The summed E-state index contributed by atoms with van der Waals surface area (Å²) in [5.74, 6) is 0.166. The standard InChI is InChI=1S/C8H12N4OS/c1-5-3-10-8(11-4-5)14-6(2)7(9)12-13/h3-4,6,13H,1-2H3,(H2,9,12).